The molecule has 0 radical (unpaired) electrons. The second-order valence-corrected chi connectivity index (χ2v) is 7.87. The minimum atomic E-state index is -1.82. The Morgan fingerprint density at radius 2 is 1.71 bits per heavy atom. The number of alkyl halides is 3. The normalized spacial score (nSPS) is 13.4. The van der Waals surface area contributed by atoms with Gasteiger partial charge in [0.1, 0.15) is 13.4 Å². The van der Waals surface area contributed by atoms with Crippen LogP contribution in [0.4, 0.5) is 0 Å². The zero-order valence-corrected chi connectivity index (χ0v) is 16.9. The molecule has 0 aromatic rings. The van der Waals surface area contributed by atoms with E-state index in [2.05, 4.69) is 6.92 Å². The summed E-state index contributed by atoms with van der Waals surface area (Å²) in [7, 11) is 1.60. The number of hydrogen-bond donors (Lipinski definition) is 1. The lowest BCUT2D eigenvalue weighted by Gasteiger charge is -2.14. The fourth-order valence-corrected chi connectivity index (χ4v) is 2.28. The Kier molecular flexibility index (Phi) is 15.3. The number of nitrogens with one attached hydrogen (secondary N) is 1. The van der Waals surface area contributed by atoms with E-state index < -0.39 is 9.69 Å². The van der Waals surface area contributed by atoms with E-state index in [1.165, 1.54) is 38.5 Å². The molecule has 0 aliphatic rings. The molecule has 0 saturated heterocycles. The number of ether oxygens (including phenoxy) is 3. The second-order valence-electron chi connectivity index (χ2n) is 5.59. The summed E-state index contributed by atoms with van der Waals surface area (Å²) >= 11 is 16.6. The van der Waals surface area contributed by atoms with Gasteiger partial charge in [0.25, 0.3) is 3.79 Å². The second kappa shape index (κ2) is 15.3. The van der Waals surface area contributed by atoms with Crippen molar-refractivity contribution in [3.05, 3.63) is 12.2 Å². The molecule has 24 heavy (non-hydrogen) atoms. The Labute approximate surface area is 161 Å². The first kappa shape index (κ1) is 24.0. The third-order valence-corrected chi connectivity index (χ3v) is 3.94. The van der Waals surface area contributed by atoms with E-state index in [-0.39, 0.29) is 19.5 Å². The van der Waals surface area contributed by atoms with E-state index in [9.17, 15) is 0 Å². The van der Waals surface area contributed by atoms with Gasteiger partial charge in [0.15, 0.2) is 0 Å². The fraction of sp³-hybridized carbons (Fsp3) is 0.824. The molecule has 0 fully saturated rings. The largest absolute Gasteiger partial charge is 0.474 e. The summed E-state index contributed by atoms with van der Waals surface area (Å²) in [6.45, 7) is 2.63. The molecule has 0 amide bonds. The first-order valence-electron chi connectivity index (χ1n) is 8.47. The minimum absolute atomic E-state index is 0.0360. The Hall–Kier alpha value is -0.0000000000000000416. The highest BCUT2D eigenvalue weighted by atomic mass is 35.6. The van der Waals surface area contributed by atoms with Crippen LogP contribution in [0.5, 0.6) is 0 Å². The molecule has 4 nitrogen and oxygen atoms in total. The van der Waals surface area contributed by atoms with E-state index in [1.54, 1.807) is 13.2 Å². The van der Waals surface area contributed by atoms with Gasteiger partial charge in [0, 0.05) is 7.11 Å². The van der Waals surface area contributed by atoms with E-state index in [0.717, 1.165) is 12.8 Å². The highest BCUT2D eigenvalue weighted by Crippen LogP contribution is 2.27. The van der Waals surface area contributed by atoms with Crippen LogP contribution < -0.4 is 0 Å². The molecule has 0 unspecified atom stereocenters. The third-order valence-electron chi connectivity index (χ3n) is 3.42. The van der Waals surface area contributed by atoms with Gasteiger partial charge in [0.05, 0.1) is 6.10 Å². The Morgan fingerprint density at radius 1 is 1.08 bits per heavy atom. The number of halogens is 3. The van der Waals surface area contributed by atoms with Gasteiger partial charge in [-0.05, 0) is 12.5 Å². The van der Waals surface area contributed by atoms with E-state index in [4.69, 9.17) is 54.4 Å². The monoisotopic (exact) mass is 401 g/mol. The zero-order chi connectivity index (χ0) is 18.3. The molecule has 142 valence electrons. The van der Waals surface area contributed by atoms with Crippen molar-refractivity contribution >= 4 is 40.7 Å². The van der Waals surface area contributed by atoms with Gasteiger partial charge in [0.2, 0.25) is 5.90 Å². The zero-order valence-electron chi connectivity index (χ0n) is 14.7. The van der Waals surface area contributed by atoms with Gasteiger partial charge in [-0.15, -0.1) is 0 Å². The summed E-state index contributed by atoms with van der Waals surface area (Å²) in [5.41, 5.74) is 0. The molecule has 1 N–H and O–H groups in total. The van der Waals surface area contributed by atoms with Crippen LogP contribution in [-0.4, -0.2) is 36.3 Å². The Bertz CT molecular complexity index is 346. The van der Waals surface area contributed by atoms with Crippen molar-refractivity contribution < 1.29 is 14.2 Å². The molecule has 0 bridgehead atoms. The Balaban J connectivity index is 3.99. The molecule has 0 aromatic heterocycles. The van der Waals surface area contributed by atoms with Crippen LogP contribution >= 0.6 is 34.8 Å². The molecule has 0 rings (SSSR count). The van der Waals surface area contributed by atoms with Crippen LogP contribution in [0.3, 0.4) is 0 Å². The quantitative estimate of drug-likeness (QED) is 0.0962. The lowest BCUT2D eigenvalue weighted by molar-refractivity contribution is -0.0581. The smallest absolute Gasteiger partial charge is 0.265 e. The van der Waals surface area contributed by atoms with Gasteiger partial charge in [-0.1, -0.05) is 92.7 Å². The molecule has 1 atom stereocenters. The molecular formula is C17H30Cl3NO3. The van der Waals surface area contributed by atoms with E-state index in [1.807, 2.05) is 6.08 Å². The van der Waals surface area contributed by atoms with Crippen molar-refractivity contribution in [3.8, 4) is 0 Å². The molecule has 0 aliphatic carbocycles. The Morgan fingerprint density at radius 3 is 2.29 bits per heavy atom. The van der Waals surface area contributed by atoms with Crippen molar-refractivity contribution in [2.24, 2.45) is 0 Å². The number of hydrogen-bond acceptors (Lipinski definition) is 4. The third kappa shape index (κ3) is 14.4. The van der Waals surface area contributed by atoms with Crippen LogP contribution in [0.2, 0.25) is 0 Å². The van der Waals surface area contributed by atoms with Crippen LogP contribution in [0.1, 0.15) is 58.3 Å². The van der Waals surface area contributed by atoms with Gasteiger partial charge < -0.3 is 14.2 Å². The van der Waals surface area contributed by atoms with Crippen LogP contribution in [0.15, 0.2) is 12.2 Å². The van der Waals surface area contributed by atoms with Crippen molar-refractivity contribution in [1.29, 1.82) is 5.41 Å². The first-order chi connectivity index (χ1) is 11.4. The van der Waals surface area contributed by atoms with Crippen LogP contribution in [0, 0.1) is 5.41 Å². The maximum Gasteiger partial charge on any atom is 0.265 e. The van der Waals surface area contributed by atoms with Crippen LogP contribution in [0.25, 0.3) is 0 Å². The van der Waals surface area contributed by atoms with Gasteiger partial charge in [-0.3, -0.25) is 5.41 Å². The highest BCUT2D eigenvalue weighted by molar-refractivity contribution is 6.76. The number of methoxy groups -OCH3 is 1. The maximum absolute atomic E-state index is 7.44. The number of unbranched alkanes of at least 4 members (excludes halogenated alkanes) is 6. The standard InChI is InChI=1S/C17H30Cl3NO3/c1-3-4-5-6-7-8-9-11-15(24-14-22-2)12-10-13-23-16(21)17(18,19)20/h10,12,15,21H,3-9,11,13-14H2,1-2H3/b12-10+,21-16?/t15-/m0/s1. The van der Waals surface area contributed by atoms with E-state index in [0.29, 0.717) is 0 Å². The highest BCUT2D eigenvalue weighted by Gasteiger charge is 2.28. The molecule has 0 aromatic carbocycles. The van der Waals surface area contributed by atoms with Crippen LogP contribution in [-0.2, 0) is 14.2 Å². The fourth-order valence-electron chi connectivity index (χ4n) is 2.11. The summed E-state index contributed by atoms with van der Waals surface area (Å²) in [6.07, 6.45) is 13.4. The molecule has 0 heterocycles. The van der Waals surface area contributed by atoms with Gasteiger partial charge in [-0.2, -0.15) is 0 Å². The molecule has 0 saturated carbocycles. The van der Waals surface area contributed by atoms with Crippen molar-refractivity contribution in [2.45, 2.75) is 68.2 Å². The maximum atomic E-state index is 7.44. The van der Waals surface area contributed by atoms with Crippen molar-refractivity contribution in [2.75, 3.05) is 20.5 Å². The van der Waals surface area contributed by atoms with E-state index >= 15 is 0 Å². The summed E-state index contributed by atoms with van der Waals surface area (Å²) < 4.78 is 13.8. The van der Waals surface area contributed by atoms with Crippen molar-refractivity contribution in [1.82, 2.24) is 0 Å². The average molecular weight is 403 g/mol. The van der Waals surface area contributed by atoms with Gasteiger partial charge in [-0.25, -0.2) is 0 Å². The topological polar surface area (TPSA) is 51.5 Å². The lowest BCUT2D eigenvalue weighted by atomic mass is 10.1. The lowest BCUT2D eigenvalue weighted by Crippen LogP contribution is -2.21. The van der Waals surface area contributed by atoms with Crippen molar-refractivity contribution in [3.63, 3.8) is 0 Å². The minimum Gasteiger partial charge on any atom is -0.474 e. The first-order valence-corrected chi connectivity index (χ1v) is 9.61. The summed E-state index contributed by atoms with van der Waals surface area (Å²) in [5, 5.41) is 7.44. The summed E-state index contributed by atoms with van der Waals surface area (Å²) in [5.74, 6) is -0.390. The predicted molar refractivity (Wildman–Crippen MR) is 102 cm³/mol. The predicted octanol–water partition coefficient (Wildman–Crippen LogP) is 6.04. The molecule has 7 heteroatoms. The average Bonchev–Trinajstić information content (AvgIpc) is 2.53. The SMILES string of the molecule is CCCCCCCCC[C@@H](/C=C/COC(=N)C(Cl)(Cl)Cl)OCOC. The summed E-state index contributed by atoms with van der Waals surface area (Å²) in [4.78, 5) is 0. The van der Waals surface area contributed by atoms with Gasteiger partial charge >= 0.3 is 0 Å². The molecule has 0 spiro atoms. The number of rotatable bonds is 14. The summed E-state index contributed by atoms with van der Waals surface area (Å²) in [6, 6.07) is 0. The molecule has 0 aliphatic heterocycles. The molecular weight excluding hydrogens is 373 g/mol.